The average Bonchev–Trinajstić information content (AvgIpc) is 2.86. The third-order valence-corrected chi connectivity index (χ3v) is 4.75. The number of sulfonamides is 1. The fourth-order valence-electron chi connectivity index (χ4n) is 2.28. The molecule has 3 rings (SSSR count). The second-order valence-electron chi connectivity index (χ2n) is 4.97. The highest BCUT2D eigenvalue weighted by Gasteiger charge is 2.28. The second kappa shape index (κ2) is 6.32. The van der Waals surface area contributed by atoms with E-state index in [9.17, 15) is 18.5 Å². The van der Waals surface area contributed by atoms with Crippen LogP contribution in [0.3, 0.4) is 0 Å². The van der Waals surface area contributed by atoms with Crippen molar-refractivity contribution < 1.29 is 18.1 Å². The van der Waals surface area contributed by atoms with Gasteiger partial charge in [-0.15, -0.1) is 4.40 Å². The molecule has 0 aliphatic carbocycles. The van der Waals surface area contributed by atoms with Crippen LogP contribution in [-0.4, -0.2) is 32.5 Å². The maximum atomic E-state index is 11.9. The summed E-state index contributed by atoms with van der Waals surface area (Å²) in [4.78, 5) is 10.5. The van der Waals surface area contributed by atoms with Gasteiger partial charge in [-0.2, -0.15) is 13.5 Å². The first-order valence-electron chi connectivity index (χ1n) is 6.98. The van der Waals surface area contributed by atoms with Crippen LogP contribution in [0.25, 0.3) is 0 Å². The van der Waals surface area contributed by atoms with Crippen LogP contribution in [0.4, 0.5) is 5.69 Å². The molecular weight excluding hydrogens is 348 g/mol. The Kier molecular flexibility index (Phi) is 4.19. The van der Waals surface area contributed by atoms with Gasteiger partial charge >= 0.3 is 5.69 Å². The molecule has 9 nitrogen and oxygen atoms in total. The zero-order chi connectivity index (χ0) is 18.0. The van der Waals surface area contributed by atoms with Gasteiger partial charge in [-0.3, -0.25) is 15.5 Å². The summed E-state index contributed by atoms with van der Waals surface area (Å²) < 4.78 is 32.4. The van der Waals surface area contributed by atoms with E-state index < -0.39 is 14.9 Å². The van der Waals surface area contributed by atoms with Crippen molar-refractivity contribution in [3.05, 3.63) is 63.7 Å². The number of hydrazone groups is 1. The Morgan fingerprint density at radius 1 is 1.28 bits per heavy atom. The van der Waals surface area contributed by atoms with Gasteiger partial charge in [0.05, 0.1) is 18.2 Å². The highest BCUT2D eigenvalue weighted by atomic mass is 32.2. The first-order valence-corrected chi connectivity index (χ1v) is 8.42. The number of nitrogens with zero attached hydrogens (tertiary/aromatic N) is 3. The fraction of sp³-hybridized carbons (Fsp3) is 0.0667. The van der Waals surface area contributed by atoms with Gasteiger partial charge in [-0.25, -0.2) is 0 Å². The molecule has 0 saturated heterocycles. The van der Waals surface area contributed by atoms with E-state index in [2.05, 4.69) is 14.9 Å². The number of methoxy groups -OCH3 is 1. The minimum Gasteiger partial charge on any atom is -0.490 e. The Balaban J connectivity index is 1.83. The van der Waals surface area contributed by atoms with E-state index in [1.807, 2.05) is 0 Å². The third kappa shape index (κ3) is 3.19. The standard InChI is InChI=1S/C15H12N4O5S/c1-24-13-7-6-10(8-12(13)19(20)21)9-16-17-15-11-4-2-3-5-14(11)25(22,23)18-15/h2-9H,1H3,(H,17,18). The third-order valence-electron chi connectivity index (χ3n) is 3.42. The van der Waals surface area contributed by atoms with Gasteiger partial charge < -0.3 is 4.74 Å². The van der Waals surface area contributed by atoms with Crippen molar-refractivity contribution in [3.8, 4) is 5.75 Å². The van der Waals surface area contributed by atoms with Crippen molar-refractivity contribution in [1.29, 1.82) is 0 Å². The fourth-order valence-corrected chi connectivity index (χ4v) is 3.46. The van der Waals surface area contributed by atoms with E-state index in [0.717, 1.165) is 0 Å². The SMILES string of the molecule is COc1ccc(C=NNC2=NS(=O)(=O)c3ccccc32)cc1[N+](=O)[O-]. The van der Waals surface area contributed by atoms with Gasteiger partial charge in [0.1, 0.15) is 4.90 Å². The van der Waals surface area contributed by atoms with Crippen molar-refractivity contribution in [3.63, 3.8) is 0 Å². The number of fused-ring (bicyclic) bond motifs is 1. The van der Waals surface area contributed by atoms with Crippen LogP contribution in [0.15, 0.2) is 56.9 Å². The molecule has 0 atom stereocenters. The van der Waals surface area contributed by atoms with Gasteiger partial charge in [0.2, 0.25) is 0 Å². The number of hydrogen-bond donors (Lipinski definition) is 1. The molecule has 1 heterocycles. The van der Waals surface area contributed by atoms with E-state index >= 15 is 0 Å². The first kappa shape index (κ1) is 16.6. The molecule has 0 spiro atoms. The van der Waals surface area contributed by atoms with E-state index in [-0.39, 0.29) is 22.2 Å². The van der Waals surface area contributed by atoms with Crippen molar-refractivity contribution in [2.45, 2.75) is 4.90 Å². The maximum Gasteiger partial charge on any atom is 0.311 e. The highest BCUT2D eigenvalue weighted by molar-refractivity contribution is 7.90. The Labute approximate surface area is 142 Å². The van der Waals surface area contributed by atoms with E-state index in [4.69, 9.17) is 4.74 Å². The van der Waals surface area contributed by atoms with E-state index in [1.165, 1.54) is 31.5 Å². The lowest BCUT2D eigenvalue weighted by Crippen LogP contribution is -2.17. The van der Waals surface area contributed by atoms with Crippen LogP contribution < -0.4 is 10.2 Å². The number of amidine groups is 1. The predicted octanol–water partition coefficient (Wildman–Crippen LogP) is 1.68. The lowest BCUT2D eigenvalue weighted by atomic mass is 10.2. The molecule has 10 heteroatoms. The molecule has 2 aromatic rings. The molecular formula is C15H12N4O5S. The number of rotatable bonds is 4. The summed E-state index contributed by atoms with van der Waals surface area (Å²) in [6.07, 6.45) is 1.32. The zero-order valence-electron chi connectivity index (χ0n) is 12.9. The Bertz CT molecular complexity index is 1010. The molecule has 0 radical (unpaired) electrons. The number of benzene rings is 2. The van der Waals surface area contributed by atoms with Crippen LogP contribution in [0, 0.1) is 10.1 Å². The Morgan fingerprint density at radius 2 is 2.04 bits per heavy atom. The normalized spacial score (nSPS) is 14.8. The lowest BCUT2D eigenvalue weighted by molar-refractivity contribution is -0.385. The summed E-state index contributed by atoms with van der Waals surface area (Å²) in [5, 5.41) is 14.9. The largest absolute Gasteiger partial charge is 0.490 e. The van der Waals surface area contributed by atoms with E-state index in [1.54, 1.807) is 24.3 Å². The smallest absolute Gasteiger partial charge is 0.311 e. The summed E-state index contributed by atoms with van der Waals surface area (Å²) >= 11 is 0. The molecule has 0 amide bonds. The summed E-state index contributed by atoms with van der Waals surface area (Å²) in [6, 6.07) is 10.7. The zero-order valence-corrected chi connectivity index (χ0v) is 13.7. The Hall–Kier alpha value is -3.27. The molecule has 25 heavy (non-hydrogen) atoms. The van der Waals surface area contributed by atoms with Gasteiger partial charge in [0.15, 0.2) is 11.6 Å². The second-order valence-corrected chi connectivity index (χ2v) is 6.54. The molecule has 1 aliphatic rings. The van der Waals surface area contributed by atoms with Crippen LogP contribution >= 0.6 is 0 Å². The molecule has 0 saturated carbocycles. The van der Waals surface area contributed by atoms with Gasteiger partial charge in [-0.1, -0.05) is 12.1 Å². The van der Waals surface area contributed by atoms with Crippen molar-refractivity contribution in [2.75, 3.05) is 7.11 Å². The van der Waals surface area contributed by atoms with E-state index in [0.29, 0.717) is 11.1 Å². The van der Waals surface area contributed by atoms with Crippen molar-refractivity contribution in [2.24, 2.45) is 9.50 Å². The Morgan fingerprint density at radius 3 is 2.76 bits per heavy atom. The molecule has 0 aromatic heterocycles. The topological polar surface area (TPSA) is 123 Å². The lowest BCUT2D eigenvalue weighted by Gasteiger charge is -2.02. The van der Waals surface area contributed by atoms with Crippen molar-refractivity contribution >= 4 is 27.8 Å². The van der Waals surface area contributed by atoms with Gasteiger partial charge in [0, 0.05) is 17.2 Å². The number of nitro benzene ring substituents is 1. The number of nitro groups is 1. The monoisotopic (exact) mass is 360 g/mol. The van der Waals surface area contributed by atoms with Gasteiger partial charge in [0.25, 0.3) is 10.0 Å². The molecule has 1 N–H and O–H groups in total. The number of nitrogens with one attached hydrogen (secondary N) is 1. The van der Waals surface area contributed by atoms with Crippen LogP contribution in [-0.2, 0) is 10.0 Å². The van der Waals surface area contributed by atoms with Crippen LogP contribution in [0.5, 0.6) is 5.75 Å². The summed E-state index contributed by atoms with van der Waals surface area (Å²) in [5.41, 5.74) is 3.22. The minimum absolute atomic E-state index is 0.0925. The minimum atomic E-state index is -3.73. The number of ether oxygens (including phenoxy) is 1. The summed E-state index contributed by atoms with van der Waals surface area (Å²) in [7, 11) is -2.39. The average molecular weight is 360 g/mol. The molecule has 1 aliphatic heterocycles. The molecule has 0 bridgehead atoms. The highest BCUT2D eigenvalue weighted by Crippen LogP contribution is 2.27. The quantitative estimate of drug-likeness (QED) is 0.502. The summed E-state index contributed by atoms with van der Waals surface area (Å²) in [5.74, 6) is 0.227. The maximum absolute atomic E-state index is 11.9. The van der Waals surface area contributed by atoms with Crippen molar-refractivity contribution in [1.82, 2.24) is 5.43 Å². The number of hydrogen-bond acceptors (Lipinski definition) is 7. The molecule has 0 fully saturated rings. The summed E-state index contributed by atoms with van der Waals surface area (Å²) in [6.45, 7) is 0. The molecule has 2 aromatic carbocycles. The van der Waals surface area contributed by atoms with Crippen LogP contribution in [0.2, 0.25) is 0 Å². The van der Waals surface area contributed by atoms with Crippen LogP contribution in [0.1, 0.15) is 11.1 Å². The molecule has 128 valence electrons. The van der Waals surface area contributed by atoms with Gasteiger partial charge in [-0.05, 0) is 24.3 Å². The first-order chi connectivity index (χ1) is 11.9. The predicted molar refractivity (Wildman–Crippen MR) is 90.5 cm³/mol. The molecule has 0 unspecified atom stereocenters.